The molecule has 2 rings (SSSR count). The molecule has 0 amide bonds. The van der Waals surface area contributed by atoms with Crippen molar-refractivity contribution in [3.63, 3.8) is 0 Å². The van der Waals surface area contributed by atoms with Crippen LogP contribution in [0.25, 0.3) is 11.5 Å². The fourth-order valence-electron chi connectivity index (χ4n) is 1.83. The van der Waals surface area contributed by atoms with Gasteiger partial charge in [0.05, 0.1) is 0 Å². The highest BCUT2D eigenvalue weighted by atomic mass is 16.4. The van der Waals surface area contributed by atoms with Crippen LogP contribution < -0.4 is 0 Å². The van der Waals surface area contributed by atoms with E-state index in [0.717, 1.165) is 17.5 Å². The van der Waals surface area contributed by atoms with Crippen LogP contribution in [-0.4, -0.2) is 21.3 Å². The number of hydrogen-bond acceptors (Lipinski definition) is 4. The Balaban J connectivity index is 1.96. The molecule has 5 heteroatoms. The van der Waals surface area contributed by atoms with Gasteiger partial charge in [0.1, 0.15) is 0 Å². The molecular formula is C14H16N2O3. The lowest BCUT2D eigenvalue weighted by Crippen LogP contribution is -1.95. The number of carboxylic acids is 1. The van der Waals surface area contributed by atoms with E-state index in [1.807, 2.05) is 31.2 Å². The molecule has 0 fully saturated rings. The number of aliphatic carboxylic acids is 1. The Morgan fingerprint density at radius 2 is 2.05 bits per heavy atom. The molecule has 0 saturated heterocycles. The zero-order valence-electron chi connectivity index (χ0n) is 10.8. The molecule has 1 heterocycles. The minimum atomic E-state index is -0.772. The number of aryl methyl sites for hydroxylation is 2. The summed E-state index contributed by atoms with van der Waals surface area (Å²) in [5.41, 5.74) is 2.02. The second kappa shape index (κ2) is 6.13. The van der Waals surface area contributed by atoms with Crippen molar-refractivity contribution in [1.82, 2.24) is 10.2 Å². The minimum Gasteiger partial charge on any atom is -0.481 e. The van der Waals surface area contributed by atoms with E-state index in [0.29, 0.717) is 24.6 Å². The Morgan fingerprint density at radius 1 is 1.26 bits per heavy atom. The predicted molar refractivity (Wildman–Crippen MR) is 69.7 cm³/mol. The third-order valence-corrected chi connectivity index (χ3v) is 2.87. The van der Waals surface area contributed by atoms with Crippen LogP contribution in [0.15, 0.2) is 28.7 Å². The van der Waals surface area contributed by atoms with Gasteiger partial charge in [-0.1, -0.05) is 18.2 Å². The Bertz CT molecular complexity index is 563. The lowest BCUT2D eigenvalue weighted by molar-refractivity contribution is -0.137. The number of rotatable bonds is 6. The lowest BCUT2D eigenvalue weighted by Gasteiger charge is -1.98. The van der Waals surface area contributed by atoms with E-state index in [1.165, 1.54) is 0 Å². The van der Waals surface area contributed by atoms with E-state index in [2.05, 4.69) is 10.2 Å². The minimum absolute atomic E-state index is 0.179. The monoisotopic (exact) mass is 260 g/mol. The van der Waals surface area contributed by atoms with Crippen LogP contribution in [0.4, 0.5) is 0 Å². The summed E-state index contributed by atoms with van der Waals surface area (Å²) in [5.74, 6) is 0.307. The molecular weight excluding hydrogens is 244 g/mol. The average Bonchev–Trinajstić information content (AvgIpc) is 2.83. The summed E-state index contributed by atoms with van der Waals surface area (Å²) >= 11 is 0. The van der Waals surface area contributed by atoms with Gasteiger partial charge < -0.3 is 9.52 Å². The van der Waals surface area contributed by atoms with Gasteiger partial charge >= 0.3 is 5.97 Å². The van der Waals surface area contributed by atoms with Gasteiger partial charge in [-0.2, -0.15) is 0 Å². The highest BCUT2D eigenvalue weighted by molar-refractivity contribution is 5.66. The van der Waals surface area contributed by atoms with Crippen molar-refractivity contribution in [3.05, 3.63) is 35.7 Å². The van der Waals surface area contributed by atoms with E-state index in [9.17, 15) is 4.79 Å². The van der Waals surface area contributed by atoms with Crippen LogP contribution in [0.5, 0.6) is 0 Å². The van der Waals surface area contributed by atoms with Crippen LogP contribution in [0.3, 0.4) is 0 Å². The molecule has 0 unspecified atom stereocenters. The first-order chi connectivity index (χ1) is 9.16. The number of aromatic nitrogens is 2. The first kappa shape index (κ1) is 13.3. The smallest absolute Gasteiger partial charge is 0.303 e. The lowest BCUT2D eigenvalue weighted by atomic mass is 10.1. The predicted octanol–water partition coefficient (Wildman–Crippen LogP) is 2.84. The second-order valence-corrected chi connectivity index (χ2v) is 4.42. The quantitative estimate of drug-likeness (QED) is 0.808. The SMILES string of the molecule is Cc1ccccc1-c1nnc(CCCCC(=O)O)o1. The zero-order valence-corrected chi connectivity index (χ0v) is 10.8. The van der Waals surface area contributed by atoms with Gasteiger partial charge in [-0.3, -0.25) is 4.79 Å². The van der Waals surface area contributed by atoms with Crippen molar-refractivity contribution < 1.29 is 14.3 Å². The van der Waals surface area contributed by atoms with Gasteiger partial charge in [0.25, 0.3) is 0 Å². The summed E-state index contributed by atoms with van der Waals surface area (Å²) in [6, 6.07) is 7.82. The van der Waals surface area contributed by atoms with Gasteiger partial charge in [0.2, 0.25) is 11.8 Å². The fraction of sp³-hybridized carbons (Fsp3) is 0.357. The van der Waals surface area contributed by atoms with E-state index in [4.69, 9.17) is 9.52 Å². The van der Waals surface area contributed by atoms with E-state index in [-0.39, 0.29) is 6.42 Å². The number of nitrogens with zero attached hydrogens (tertiary/aromatic N) is 2. The van der Waals surface area contributed by atoms with Crippen molar-refractivity contribution in [3.8, 4) is 11.5 Å². The van der Waals surface area contributed by atoms with Crippen LogP contribution >= 0.6 is 0 Å². The maximum atomic E-state index is 10.4. The molecule has 0 bridgehead atoms. The summed E-state index contributed by atoms with van der Waals surface area (Å²) in [6.45, 7) is 1.99. The van der Waals surface area contributed by atoms with E-state index < -0.39 is 5.97 Å². The van der Waals surface area contributed by atoms with Gasteiger partial charge in [-0.05, 0) is 31.4 Å². The third-order valence-electron chi connectivity index (χ3n) is 2.87. The molecule has 0 atom stereocenters. The number of carbonyl (C=O) groups is 1. The maximum Gasteiger partial charge on any atom is 0.303 e. The normalized spacial score (nSPS) is 10.6. The number of benzene rings is 1. The molecule has 5 nitrogen and oxygen atoms in total. The van der Waals surface area contributed by atoms with Crippen molar-refractivity contribution in [1.29, 1.82) is 0 Å². The summed E-state index contributed by atoms with van der Waals surface area (Å²) in [5, 5.41) is 16.6. The molecule has 0 aliphatic carbocycles. The topological polar surface area (TPSA) is 76.2 Å². The molecule has 19 heavy (non-hydrogen) atoms. The standard InChI is InChI=1S/C14H16N2O3/c1-10-6-2-3-7-11(10)14-16-15-12(19-14)8-4-5-9-13(17)18/h2-3,6-7H,4-5,8-9H2,1H3,(H,17,18). The molecule has 100 valence electrons. The highest BCUT2D eigenvalue weighted by Gasteiger charge is 2.10. The molecule has 0 radical (unpaired) electrons. The van der Waals surface area contributed by atoms with Gasteiger partial charge in [-0.15, -0.1) is 10.2 Å². The first-order valence-corrected chi connectivity index (χ1v) is 6.27. The van der Waals surface area contributed by atoms with Crippen LogP contribution in [0, 0.1) is 6.92 Å². The number of hydrogen-bond donors (Lipinski definition) is 1. The molecule has 2 aromatic rings. The fourth-order valence-corrected chi connectivity index (χ4v) is 1.83. The summed E-state index contributed by atoms with van der Waals surface area (Å²) < 4.78 is 5.59. The Hall–Kier alpha value is -2.17. The first-order valence-electron chi connectivity index (χ1n) is 6.27. The molecule has 1 N–H and O–H groups in total. The molecule has 0 spiro atoms. The van der Waals surface area contributed by atoms with Gasteiger partial charge in [-0.25, -0.2) is 0 Å². The van der Waals surface area contributed by atoms with Crippen LogP contribution in [0.2, 0.25) is 0 Å². The largest absolute Gasteiger partial charge is 0.481 e. The van der Waals surface area contributed by atoms with Crippen LogP contribution in [0.1, 0.15) is 30.7 Å². The summed E-state index contributed by atoms with van der Waals surface area (Å²) in [7, 11) is 0. The summed E-state index contributed by atoms with van der Waals surface area (Å²) in [4.78, 5) is 10.4. The molecule has 0 aliphatic heterocycles. The highest BCUT2D eigenvalue weighted by Crippen LogP contribution is 2.21. The molecule has 1 aromatic carbocycles. The number of unbranched alkanes of at least 4 members (excludes halogenated alkanes) is 1. The van der Waals surface area contributed by atoms with E-state index >= 15 is 0 Å². The van der Waals surface area contributed by atoms with Crippen molar-refractivity contribution in [2.45, 2.75) is 32.6 Å². The molecule has 0 saturated carbocycles. The third kappa shape index (κ3) is 3.64. The Labute approximate surface area is 111 Å². The van der Waals surface area contributed by atoms with Crippen molar-refractivity contribution >= 4 is 5.97 Å². The van der Waals surface area contributed by atoms with Crippen molar-refractivity contribution in [2.24, 2.45) is 0 Å². The average molecular weight is 260 g/mol. The molecule has 1 aromatic heterocycles. The van der Waals surface area contributed by atoms with Crippen LogP contribution in [-0.2, 0) is 11.2 Å². The second-order valence-electron chi connectivity index (χ2n) is 4.42. The zero-order chi connectivity index (χ0) is 13.7. The summed E-state index contributed by atoms with van der Waals surface area (Å²) in [6.07, 6.45) is 2.16. The van der Waals surface area contributed by atoms with Gasteiger partial charge in [0.15, 0.2) is 0 Å². The van der Waals surface area contributed by atoms with E-state index in [1.54, 1.807) is 0 Å². The van der Waals surface area contributed by atoms with Gasteiger partial charge in [0, 0.05) is 18.4 Å². The van der Waals surface area contributed by atoms with Crippen molar-refractivity contribution in [2.75, 3.05) is 0 Å². The Kier molecular flexibility index (Phi) is 4.28. The Morgan fingerprint density at radius 3 is 2.79 bits per heavy atom. The number of carboxylic acid groups (broad SMARTS) is 1. The molecule has 0 aliphatic rings. The maximum absolute atomic E-state index is 10.4.